The molecule has 2 aromatic rings. The van der Waals surface area contributed by atoms with Crippen molar-refractivity contribution in [3.05, 3.63) is 60.9 Å². The Hall–Kier alpha value is -2.54. The average Bonchev–Trinajstić information content (AvgIpc) is 2.61. The molecule has 0 amide bonds. The van der Waals surface area contributed by atoms with E-state index in [1.807, 2.05) is 0 Å². The van der Waals surface area contributed by atoms with E-state index in [0.717, 1.165) is 6.07 Å². The second-order valence-electron chi connectivity index (χ2n) is 5.06. The topological polar surface area (TPSA) is 55.8 Å². The summed E-state index contributed by atoms with van der Waals surface area (Å²) in [5.74, 6) is -0.133. The number of hydrogen-bond acceptors (Lipinski definition) is 4. The van der Waals surface area contributed by atoms with Crippen LogP contribution in [0.5, 0.6) is 11.5 Å². The van der Waals surface area contributed by atoms with Crippen molar-refractivity contribution < 1.29 is 22.3 Å². The fourth-order valence-electron chi connectivity index (χ4n) is 2.29. The molecule has 0 saturated heterocycles. The normalized spacial score (nSPS) is 11.0. The summed E-state index contributed by atoms with van der Waals surface area (Å²) in [5, 5.41) is 0. The Labute approximate surface area is 147 Å². The van der Waals surface area contributed by atoms with Gasteiger partial charge in [0.15, 0.2) is 11.6 Å². The van der Waals surface area contributed by atoms with Gasteiger partial charge in [-0.15, -0.1) is 0 Å². The summed E-state index contributed by atoms with van der Waals surface area (Å²) in [6.07, 6.45) is 1.62. The highest BCUT2D eigenvalue weighted by molar-refractivity contribution is 7.92. The molecule has 0 unspecified atom stereocenters. The number of rotatable bonds is 8. The van der Waals surface area contributed by atoms with Crippen LogP contribution in [0.4, 0.5) is 10.1 Å². The molecule has 5 nitrogen and oxygen atoms in total. The predicted octanol–water partition coefficient (Wildman–Crippen LogP) is 3.61. The van der Waals surface area contributed by atoms with E-state index in [-0.39, 0.29) is 17.2 Å². The van der Waals surface area contributed by atoms with Gasteiger partial charge in [0.2, 0.25) is 0 Å². The Balaban J connectivity index is 2.35. The van der Waals surface area contributed by atoms with Crippen LogP contribution in [-0.4, -0.2) is 28.7 Å². The molecule has 0 N–H and O–H groups in total. The van der Waals surface area contributed by atoms with Gasteiger partial charge in [0.1, 0.15) is 12.4 Å². The monoisotopic (exact) mass is 365 g/mol. The van der Waals surface area contributed by atoms with Gasteiger partial charge < -0.3 is 9.47 Å². The zero-order chi connectivity index (χ0) is 18.4. The minimum absolute atomic E-state index is 0.00859. The lowest BCUT2D eigenvalue weighted by Crippen LogP contribution is -2.30. The molecule has 0 spiro atoms. The van der Waals surface area contributed by atoms with E-state index in [9.17, 15) is 12.8 Å². The van der Waals surface area contributed by atoms with Gasteiger partial charge in [-0.3, -0.25) is 4.31 Å². The summed E-state index contributed by atoms with van der Waals surface area (Å²) < 4.78 is 51.0. The molecule has 0 bridgehead atoms. The molecular weight excluding hydrogens is 345 g/mol. The van der Waals surface area contributed by atoms with Crippen LogP contribution in [0.15, 0.2) is 60.0 Å². The van der Waals surface area contributed by atoms with Crippen LogP contribution in [0, 0.1) is 5.82 Å². The van der Waals surface area contributed by atoms with Crippen LogP contribution in [0.1, 0.15) is 6.92 Å². The van der Waals surface area contributed by atoms with E-state index in [2.05, 4.69) is 6.58 Å². The first-order valence-electron chi connectivity index (χ1n) is 7.64. The van der Waals surface area contributed by atoms with Gasteiger partial charge in [-0.1, -0.05) is 12.7 Å². The van der Waals surface area contributed by atoms with E-state index in [1.165, 1.54) is 23.5 Å². The molecule has 0 atom stereocenters. The maximum Gasteiger partial charge on any atom is 0.264 e. The number of sulfonamides is 1. The number of anilines is 1. The lowest BCUT2D eigenvalue weighted by molar-refractivity contribution is 0.363. The summed E-state index contributed by atoms with van der Waals surface area (Å²) in [5.41, 5.74) is 0.463. The first-order chi connectivity index (χ1) is 11.9. The molecule has 2 aromatic carbocycles. The van der Waals surface area contributed by atoms with Crippen molar-refractivity contribution in [3.63, 3.8) is 0 Å². The molecule has 7 heteroatoms. The Morgan fingerprint density at radius 1 is 1.20 bits per heavy atom. The molecule has 0 fully saturated rings. The average molecular weight is 365 g/mol. The molecule has 0 heterocycles. The molecular formula is C18H20FNO4S. The number of ether oxygens (including phenoxy) is 2. The second-order valence-corrected chi connectivity index (χ2v) is 6.92. The lowest BCUT2D eigenvalue weighted by atomic mass is 10.3. The third kappa shape index (κ3) is 4.11. The maximum absolute atomic E-state index is 13.9. The zero-order valence-electron chi connectivity index (χ0n) is 14.1. The highest BCUT2D eigenvalue weighted by Gasteiger charge is 2.25. The summed E-state index contributed by atoms with van der Waals surface area (Å²) in [7, 11) is -2.58. The Morgan fingerprint density at radius 3 is 2.40 bits per heavy atom. The van der Waals surface area contributed by atoms with Gasteiger partial charge in [0.05, 0.1) is 17.7 Å². The summed E-state index contributed by atoms with van der Waals surface area (Å²) in [4.78, 5) is -0.139. The fraction of sp³-hybridized carbons (Fsp3) is 0.222. The molecule has 0 aliphatic carbocycles. The molecule has 0 aromatic heterocycles. The molecule has 0 radical (unpaired) electrons. The number of halogens is 1. The number of hydrogen-bond donors (Lipinski definition) is 0. The first kappa shape index (κ1) is 18.8. The van der Waals surface area contributed by atoms with Crippen LogP contribution < -0.4 is 13.8 Å². The Morgan fingerprint density at radius 2 is 1.88 bits per heavy atom. The summed E-state index contributed by atoms with van der Waals surface area (Å²) in [6.45, 7) is 5.83. The van der Waals surface area contributed by atoms with Crippen molar-refractivity contribution in [1.82, 2.24) is 0 Å². The van der Waals surface area contributed by atoms with Crippen molar-refractivity contribution in [2.75, 3.05) is 24.6 Å². The number of nitrogens with zero attached hydrogens (tertiary/aromatic N) is 1. The van der Waals surface area contributed by atoms with E-state index in [1.54, 1.807) is 37.3 Å². The van der Waals surface area contributed by atoms with Crippen LogP contribution in [-0.2, 0) is 10.0 Å². The highest BCUT2D eigenvalue weighted by Crippen LogP contribution is 2.28. The SMILES string of the molecule is C=CCOc1ccc(N(CC)S(=O)(=O)c2ccc(OC)c(F)c2)cc1. The van der Waals surface area contributed by atoms with Crippen LogP contribution in [0.25, 0.3) is 0 Å². The number of methoxy groups -OCH3 is 1. The quantitative estimate of drug-likeness (QED) is 0.671. The fourth-order valence-corrected chi connectivity index (χ4v) is 3.78. The van der Waals surface area contributed by atoms with E-state index >= 15 is 0 Å². The van der Waals surface area contributed by atoms with E-state index < -0.39 is 15.8 Å². The highest BCUT2D eigenvalue weighted by atomic mass is 32.2. The van der Waals surface area contributed by atoms with Gasteiger partial charge in [-0.25, -0.2) is 12.8 Å². The van der Waals surface area contributed by atoms with Crippen molar-refractivity contribution in [2.24, 2.45) is 0 Å². The van der Waals surface area contributed by atoms with Crippen LogP contribution in [0.2, 0.25) is 0 Å². The van der Waals surface area contributed by atoms with Gasteiger partial charge in [0, 0.05) is 6.54 Å². The predicted molar refractivity (Wildman–Crippen MR) is 95.3 cm³/mol. The second kappa shape index (κ2) is 8.02. The molecule has 0 aliphatic rings. The summed E-state index contributed by atoms with van der Waals surface area (Å²) in [6, 6.07) is 10.2. The Kier molecular flexibility index (Phi) is 6.03. The lowest BCUT2D eigenvalue weighted by Gasteiger charge is -2.23. The molecule has 25 heavy (non-hydrogen) atoms. The van der Waals surface area contributed by atoms with Crippen LogP contribution >= 0.6 is 0 Å². The van der Waals surface area contributed by atoms with Crippen LogP contribution in [0.3, 0.4) is 0 Å². The van der Waals surface area contributed by atoms with E-state index in [4.69, 9.17) is 9.47 Å². The minimum Gasteiger partial charge on any atom is -0.494 e. The van der Waals surface area contributed by atoms with Gasteiger partial charge in [-0.2, -0.15) is 0 Å². The Bertz CT molecular complexity index is 835. The molecule has 2 rings (SSSR count). The smallest absolute Gasteiger partial charge is 0.264 e. The third-order valence-corrected chi connectivity index (χ3v) is 5.39. The molecule has 0 aliphatic heterocycles. The minimum atomic E-state index is -3.90. The third-order valence-electron chi connectivity index (χ3n) is 3.49. The summed E-state index contributed by atoms with van der Waals surface area (Å²) >= 11 is 0. The number of benzene rings is 2. The van der Waals surface area contributed by atoms with E-state index in [0.29, 0.717) is 18.0 Å². The van der Waals surface area contributed by atoms with Gasteiger partial charge in [-0.05, 0) is 49.4 Å². The molecule has 134 valence electrons. The largest absolute Gasteiger partial charge is 0.494 e. The standard InChI is InChI=1S/C18H20FNO4S/c1-4-12-24-15-8-6-14(7-9-15)20(5-2)25(21,22)16-10-11-18(23-3)17(19)13-16/h4,6-11,13H,1,5,12H2,2-3H3. The van der Waals surface area contributed by atoms with Crippen molar-refractivity contribution in [2.45, 2.75) is 11.8 Å². The van der Waals surface area contributed by atoms with Crippen molar-refractivity contribution >= 4 is 15.7 Å². The first-order valence-corrected chi connectivity index (χ1v) is 9.08. The van der Waals surface area contributed by atoms with Gasteiger partial charge >= 0.3 is 0 Å². The van der Waals surface area contributed by atoms with Crippen molar-refractivity contribution in [3.8, 4) is 11.5 Å². The molecule has 0 saturated carbocycles. The maximum atomic E-state index is 13.9. The van der Waals surface area contributed by atoms with Crippen molar-refractivity contribution in [1.29, 1.82) is 0 Å². The van der Waals surface area contributed by atoms with Gasteiger partial charge in [0.25, 0.3) is 10.0 Å². The zero-order valence-corrected chi connectivity index (χ0v) is 14.9.